The predicted octanol–water partition coefficient (Wildman–Crippen LogP) is -1.00. The van der Waals surface area contributed by atoms with E-state index in [2.05, 4.69) is 16.0 Å². The van der Waals surface area contributed by atoms with Crippen molar-refractivity contribution in [2.75, 3.05) is 0 Å². The Balaban J connectivity index is 3.14. The Hall–Kier alpha value is -3.51. The molecule has 8 N–H and O–H groups in total. The lowest BCUT2D eigenvalue weighted by Crippen LogP contribution is -2.59. The molecule has 12 heteroatoms. The van der Waals surface area contributed by atoms with Gasteiger partial charge in [-0.1, -0.05) is 50.6 Å². The number of hydrogen-bond acceptors (Lipinski definition) is 7. The van der Waals surface area contributed by atoms with E-state index in [0.717, 1.165) is 0 Å². The summed E-state index contributed by atoms with van der Waals surface area (Å²) in [5, 5.41) is 35.3. The Bertz CT molecular complexity index is 893. The third-order valence-corrected chi connectivity index (χ3v) is 5.53. The van der Waals surface area contributed by atoms with E-state index in [1.165, 1.54) is 6.92 Å². The summed E-state index contributed by atoms with van der Waals surface area (Å²) in [7, 11) is 0. The molecule has 0 radical (unpaired) electrons. The zero-order valence-electron chi connectivity index (χ0n) is 19.9. The molecular formula is C23H34N4O8. The van der Waals surface area contributed by atoms with Crippen molar-refractivity contribution in [1.82, 2.24) is 16.0 Å². The number of hydrogen-bond donors (Lipinski definition) is 7. The molecule has 6 atom stereocenters. The number of nitrogens with one attached hydrogen (secondary N) is 3. The number of aliphatic hydroxyl groups is 1. The zero-order valence-corrected chi connectivity index (χ0v) is 19.9. The molecular weight excluding hydrogens is 460 g/mol. The first kappa shape index (κ1) is 29.5. The maximum Gasteiger partial charge on any atom is 0.326 e. The number of benzene rings is 1. The monoisotopic (exact) mass is 494 g/mol. The van der Waals surface area contributed by atoms with E-state index < -0.39 is 72.3 Å². The number of amides is 3. The molecule has 35 heavy (non-hydrogen) atoms. The van der Waals surface area contributed by atoms with Gasteiger partial charge in [-0.2, -0.15) is 0 Å². The molecule has 0 aliphatic carbocycles. The number of carboxylic acids is 2. The quantitative estimate of drug-likeness (QED) is 0.169. The zero-order chi connectivity index (χ0) is 26.7. The molecule has 1 aromatic rings. The number of aliphatic carboxylic acids is 2. The van der Waals surface area contributed by atoms with Gasteiger partial charge in [0.2, 0.25) is 17.7 Å². The fourth-order valence-corrected chi connectivity index (χ4v) is 3.14. The molecule has 0 saturated heterocycles. The number of carbonyl (C=O) groups is 5. The van der Waals surface area contributed by atoms with Crippen LogP contribution in [0.15, 0.2) is 30.3 Å². The number of carboxylic acid groups (broad SMARTS) is 2. The summed E-state index contributed by atoms with van der Waals surface area (Å²) in [4.78, 5) is 61.1. The highest BCUT2D eigenvalue weighted by atomic mass is 16.4. The van der Waals surface area contributed by atoms with Gasteiger partial charge in [0.1, 0.15) is 24.2 Å². The van der Waals surface area contributed by atoms with E-state index in [-0.39, 0.29) is 6.42 Å². The van der Waals surface area contributed by atoms with Gasteiger partial charge in [0, 0.05) is 6.42 Å². The maximum atomic E-state index is 13.1. The smallest absolute Gasteiger partial charge is 0.326 e. The largest absolute Gasteiger partial charge is 0.481 e. The normalized spacial score (nSPS) is 16.0. The van der Waals surface area contributed by atoms with Gasteiger partial charge in [-0.05, 0) is 18.4 Å². The Kier molecular flexibility index (Phi) is 11.8. The Morgan fingerprint density at radius 2 is 1.43 bits per heavy atom. The van der Waals surface area contributed by atoms with Crippen molar-refractivity contribution in [1.29, 1.82) is 0 Å². The van der Waals surface area contributed by atoms with Crippen LogP contribution in [0.25, 0.3) is 0 Å². The molecule has 0 bridgehead atoms. The fourth-order valence-electron chi connectivity index (χ4n) is 3.14. The van der Waals surface area contributed by atoms with Crippen LogP contribution in [0.5, 0.6) is 0 Å². The van der Waals surface area contributed by atoms with E-state index in [0.29, 0.717) is 12.0 Å². The van der Waals surface area contributed by atoms with E-state index in [1.54, 1.807) is 44.2 Å². The van der Waals surface area contributed by atoms with Gasteiger partial charge in [-0.25, -0.2) is 4.79 Å². The SMILES string of the molecule is CCC(C)C(NC(=O)C(CC(=O)O)NC(=O)C(Cc1ccccc1)NC(=O)C(N)C(C)O)C(=O)O. The lowest BCUT2D eigenvalue weighted by atomic mass is 9.98. The summed E-state index contributed by atoms with van der Waals surface area (Å²) >= 11 is 0. The molecule has 0 fully saturated rings. The first-order chi connectivity index (χ1) is 16.4. The molecule has 12 nitrogen and oxygen atoms in total. The second-order valence-corrected chi connectivity index (χ2v) is 8.39. The van der Waals surface area contributed by atoms with Crippen molar-refractivity contribution >= 4 is 29.7 Å². The lowest BCUT2D eigenvalue weighted by Gasteiger charge is -2.26. The van der Waals surface area contributed by atoms with E-state index in [9.17, 15) is 39.3 Å². The van der Waals surface area contributed by atoms with Crippen molar-refractivity contribution < 1.29 is 39.3 Å². The first-order valence-electron chi connectivity index (χ1n) is 11.2. The number of rotatable bonds is 14. The summed E-state index contributed by atoms with van der Waals surface area (Å²) in [6, 6.07) is 3.11. The summed E-state index contributed by atoms with van der Waals surface area (Å²) in [6.07, 6.45) is -1.60. The average molecular weight is 495 g/mol. The summed E-state index contributed by atoms with van der Waals surface area (Å²) in [5.41, 5.74) is 6.30. The highest BCUT2D eigenvalue weighted by Crippen LogP contribution is 2.10. The summed E-state index contributed by atoms with van der Waals surface area (Å²) < 4.78 is 0. The van der Waals surface area contributed by atoms with Crippen LogP contribution in [0.3, 0.4) is 0 Å². The van der Waals surface area contributed by atoms with Crippen molar-refractivity contribution in [3.05, 3.63) is 35.9 Å². The third-order valence-electron chi connectivity index (χ3n) is 5.53. The van der Waals surface area contributed by atoms with Gasteiger partial charge in [-0.3, -0.25) is 19.2 Å². The molecule has 3 amide bonds. The molecule has 0 saturated carbocycles. The molecule has 194 valence electrons. The van der Waals surface area contributed by atoms with Crippen LogP contribution in [0, 0.1) is 5.92 Å². The lowest BCUT2D eigenvalue weighted by molar-refractivity contribution is -0.144. The molecule has 6 unspecified atom stereocenters. The highest BCUT2D eigenvalue weighted by Gasteiger charge is 2.33. The second kappa shape index (κ2) is 14.0. The molecule has 0 aromatic heterocycles. The second-order valence-electron chi connectivity index (χ2n) is 8.39. The average Bonchev–Trinajstić information content (AvgIpc) is 2.80. The van der Waals surface area contributed by atoms with Gasteiger partial charge in [0.05, 0.1) is 12.5 Å². The molecule has 0 aliphatic heterocycles. The molecule has 0 aliphatic rings. The van der Waals surface area contributed by atoms with Gasteiger partial charge >= 0.3 is 11.9 Å². The summed E-state index contributed by atoms with van der Waals surface area (Å²) in [6.45, 7) is 4.65. The van der Waals surface area contributed by atoms with Gasteiger partial charge in [0.25, 0.3) is 0 Å². The Labute approximate surface area is 203 Å². The van der Waals surface area contributed by atoms with Crippen molar-refractivity contribution in [2.45, 2.75) is 70.3 Å². The molecule has 1 aromatic carbocycles. The fraction of sp³-hybridized carbons (Fsp3) is 0.522. The molecule has 1 rings (SSSR count). The number of nitrogens with two attached hydrogens (primary N) is 1. The van der Waals surface area contributed by atoms with Crippen molar-refractivity contribution in [3.8, 4) is 0 Å². The van der Waals surface area contributed by atoms with Crippen LogP contribution >= 0.6 is 0 Å². The van der Waals surface area contributed by atoms with Crippen LogP contribution in [0.2, 0.25) is 0 Å². The summed E-state index contributed by atoms with van der Waals surface area (Å²) in [5.74, 6) is -5.84. The van der Waals surface area contributed by atoms with E-state index >= 15 is 0 Å². The van der Waals surface area contributed by atoms with Gasteiger partial charge < -0.3 is 37.0 Å². The van der Waals surface area contributed by atoms with Crippen LogP contribution in [0.4, 0.5) is 0 Å². The molecule has 0 spiro atoms. The van der Waals surface area contributed by atoms with Gasteiger partial charge in [0.15, 0.2) is 0 Å². The minimum Gasteiger partial charge on any atom is -0.481 e. The topological polar surface area (TPSA) is 208 Å². The van der Waals surface area contributed by atoms with Crippen molar-refractivity contribution in [2.24, 2.45) is 11.7 Å². The Morgan fingerprint density at radius 3 is 1.91 bits per heavy atom. The number of carbonyl (C=O) groups excluding carboxylic acids is 3. The molecule has 0 heterocycles. The van der Waals surface area contributed by atoms with Crippen LogP contribution in [-0.2, 0) is 30.4 Å². The van der Waals surface area contributed by atoms with E-state index in [4.69, 9.17) is 5.73 Å². The maximum absolute atomic E-state index is 13.1. The number of aliphatic hydroxyl groups excluding tert-OH is 1. The standard InChI is InChI=1S/C23H34N4O8/c1-4-12(2)19(23(34)35)27-21(32)16(11-17(29)30)25-20(31)15(10-14-8-6-5-7-9-14)26-22(33)18(24)13(3)28/h5-9,12-13,15-16,18-19,28H,4,10-11,24H2,1-3H3,(H,25,31)(H,26,33)(H,27,32)(H,29,30)(H,34,35). The van der Waals surface area contributed by atoms with E-state index in [1.807, 2.05) is 0 Å². The predicted molar refractivity (Wildman–Crippen MR) is 125 cm³/mol. The van der Waals surface area contributed by atoms with Crippen LogP contribution < -0.4 is 21.7 Å². The van der Waals surface area contributed by atoms with Crippen LogP contribution in [-0.4, -0.2) is 75.3 Å². The van der Waals surface area contributed by atoms with Crippen LogP contribution in [0.1, 0.15) is 39.2 Å². The van der Waals surface area contributed by atoms with Crippen molar-refractivity contribution in [3.63, 3.8) is 0 Å². The minimum atomic E-state index is -1.61. The first-order valence-corrected chi connectivity index (χ1v) is 11.2. The van der Waals surface area contributed by atoms with Gasteiger partial charge in [-0.15, -0.1) is 0 Å². The Morgan fingerprint density at radius 1 is 0.886 bits per heavy atom. The minimum absolute atomic E-state index is 0.0169. The third kappa shape index (κ3) is 9.71. The highest BCUT2D eigenvalue weighted by molar-refractivity contribution is 5.95.